The number of nitrogens with two attached hydrogens (primary N) is 1. The maximum absolute atomic E-state index is 5.95. The van der Waals surface area contributed by atoms with Gasteiger partial charge in [-0.25, -0.2) is 4.98 Å². The highest BCUT2D eigenvalue weighted by atomic mass is 16.5. The minimum Gasteiger partial charge on any atom is -0.486 e. The van der Waals surface area contributed by atoms with E-state index in [2.05, 4.69) is 38.6 Å². The lowest BCUT2D eigenvalue weighted by atomic mass is 10.1. The number of nitrogens with zero attached hydrogens (tertiary/aromatic N) is 5. The summed E-state index contributed by atoms with van der Waals surface area (Å²) in [5, 5.41) is 15.3. The summed E-state index contributed by atoms with van der Waals surface area (Å²) in [4.78, 5) is 4.12. The average molecular weight is 397 g/mol. The number of benzene rings is 2. The standard InChI is InChI=1S/C22H19N7O/c23-20-12-19(21-22(24-20)26-28-25-21)30-14-16-7-4-8-17(11-16)18-9-10-29(27-18)13-15-5-2-1-3-6-15/h1-12H,13-14H2,(H3,23,24,25,26,28). The van der Waals surface area contributed by atoms with E-state index in [1.807, 2.05) is 53.3 Å². The molecule has 3 heterocycles. The van der Waals surface area contributed by atoms with Crippen LogP contribution in [0, 0.1) is 0 Å². The summed E-state index contributed by atoms with van der Waals surface area (Å²) in [6.07, 6.45) is 1.99. The SMILES string of the molecule is Nc1cc(OCc2cccc(-c3ccn(Cc4ccccc4)n3)c2)c2n[nH]nc2n1. The van der Waals surface area contributed by atoms with Gasteiger partial charge in [-0.2, -0.15) is 15.4 Å². The predicted molar refractivity (Wildman–Crippen MR) is 114 cm³/mol. The first-order chi connectivity index (χ1) is 14.7. The molecular formula is C22H19N7O. The van der Waals surface area contributed by atoms with E-state index in [1.165, 1.54) is 5.56 Å². The number of ether oxygens (including phenoxy) is 1. The van der Waals surface area contributed by atoms with E-state index in [0.29, 0.717) is 29.3 Å². The zero-order valence-electron chi connectivity index (χ0n) is 16.1. The smallest absolute Gasteiger partial charge is 0.207 e. The van der Waals surface area contributed by atoms with Gasteiger partial charge in [-0.05, 0) is 23.3 Å². The molecule has 5 rings (SSSR count). The van der Waals surface area contributed by atoms with E-state index in [4.69, 9.17) is 15.6 Å². The molecule has 0 spiro atoms. The van der Waals surface area contributed by atoms with E-state index >= 15 is 0 Å². The Hall–Kier alpha value is -4.20. The third-order valence-corrected chi connectivity index (χ3v) is 4.72. The molecule has 0 radical (unpaired) electrons. The Labute approximate surface area is 172 Å². The fourth-order valence-electron chi connectivity index (χ4n) is 3.29. The van der Waals surface area contributed by atoms with Crippen molar-refractivity contribution >= 4 is 17.0 Å². The summed E-state index contributed by atoms with van der Waals surface area (Å²) in [7, 11) is 0. The number of nitrogen functional groups attached to an aromatic ring is 1. The molecule has 3 N–H and O–H groups in total. The molecule has 0 bridgehead atoms. The van der Waals surface area contributed by atoms with Gasteiger partial charge in [-0.15, -0.1) is 5.10 Å². The van der Waals surface area contributed by atoms with Crippen LogP contribution in [0.5, 0.6) is 5.75 Å². The Bertz CT molecular complexity index is 1290. The third-order valence-electron chi connectivity index (χ3n) is 4.72. The second kappa shape index (κ2) is 7.67. The van der Waals surface area contributed by atoms with Crippen LogP contribution in [0.3, 0.4) is 0 Å². The molecule has 30 heavy (non-hydrogen) atoms. The Morgan fingerprint density at radius 2 is 1.80 bits per heavy atom. The number of hydrogen-bond donors (Lipinski definition) is 2. The van der Waals surface area contributed by atoms with E-state index in [1.54, 1.807) is 6.07 Å². The van der Waals surface area contributed by atoms with Crippen molar-refractivity contribution in [1.82, 2.24) is 30.2 Å². The summed E-state index contributed by atoms with van der Waals surface area (Å²) in [5.74, 6) is 0.882. The van der Waals surface area contributed by atoms with Crippen molar-refractivity contribution in [2.75, 3.05) is 5.73 Å². The molecule has 3 aromatic heterocycles. The van der Waals surface area contributed by atoms with Gasteiger partial charge in [0.05, 0.1) is 12.2 Å². The summed E-state index contributed by atoms with van der Waals surface area (Å²) in [5.41, 5.74) is 11.0. The van der Waals surface area contributed by atoms with Crippen molar-refractivity contribution in [2.45, 2.75) is 13.2 Å². The zero-order valence-corrected chi connectivity index (χ0v) is 16.1. The number of pyridine rings is 1. The van der Waals surface area contributed by atoms with Gasteiger partial charge in [0.15, 0.2) is 11.3 Å². The van der Waals surface area contributed by atoms with E-state index in [-0.39, 0.29) is 0 Å². The number of anilines is 1. The van der Waals surface area contributed by atoms with Gasteiger partial charge in [-0.1, -0.05) is 48.5 Å². The minimum atomic E-state index is 0.337. The molecule has 0 unspecified atom stereocenters. The molecule has 2 aromatic carbocycles. The van der Waals surface area contributed by atoms with Crippen molar-refractivity contribution in [3.05, 3.63) is 84.1 Å². The summed E-state index contributed by atoms with van der Waals surface area (Å²) < 4.78 is 7.89. The number of nitrogens with one attached hydrogen (secondary N) is 1. The summed E-state index contributed by atoms with van der Waals surface area (Å²) >= 11 is 0. The first-order valence-electron chi connectivity index (χ1n) is 9.51. The number of aromatic nitrogens is 6. The molecule has 0 amide bonds. The van der Waals surface area contributed by atoms with Crippen LogP contribution in [0.4, 0.5) is 5.82 Å². The van der Waals surface area contributed by atoms with Crippen molar-refractivity contribution in [1.29, 1.82) is 0 Å². The van der Waals surface area contributed by atoms with Crippen molar-refractivity contribution in [3.8, 4) is 17.0 Å². The molecule has 0 aliphatic rings. The van der Waals surface area contributed by atoms with Crippen LogP contribution in [-0.4, -0.2) is 30.2 Å². The van der Waals surface area contributed by atoms with Crippen LogP contribution in [0.2, 0.25) is 0 Å². The number of aromatic amines is 1. The molecule has 0 saturated carbocycles. The topological polar surface area (TPSA) is 108 Å². The maximum Gasteiger partial charge on any atom is 0.207 e. The molecule has 5 aromatic rings. The second-order valence-electron chi connectivity index (χ2n) is 6.91. The highest BCUT2D eigenvalue weighted by molar-refractivity contribution is 5.78. The third kappa shape index (κ3) is 3.70. The Kier molecular flexibility index (Phi) is 4.57. The van der Waals surface area contributed by atoms with E-state index in [0.717, 1.165) is 23.4 Å². The van der Waals surface area contributed by atoms with E-state index < -0.39 is 0 Å². The van der Waals surface area contributed by atoms with Crippen LogP contribution >= 0.6 is 0 Å². The summed E-state index contributed by atoms with van der Waals surface area (Å²) in [6, 6.07) is 22.1. The van der Waals surface area contributed by atoms with Gasteiger partial charge in [0.2, 0.25) is 5.65 Å². The number of fused-ring (bicyclic) bond motifs is 1. The van der Waals surface area contributed by atoms with Crippen molar-refractivity contribution in [3.63, 3.8) is 0 Å². The van der Waals surface area contributed by atoms with Gasteiger partial charge < -0.3 is 10.5 Å². The van der Waals surface area contributed by atoms with Crippen molar-refractivity contribution in [2.24, 2.45) is 0 Å². The lowest BCUT2D eigenvalue weighted by Crippen LogP contribution is -2.00. The van der Waals surface area contributed by atoms with Gasteiger partial charge in [0.25, 0.3) is 0 Å². The highest BCUT2D eigenvalue weighted by Crippen LogP contribution is 2.25. The molecule has 0 fully saturated rings. The first kappa shape index (κ1) is 17.9. The number of hydrogen-bond acceptors (Lipinski definition) is 6. The number of H-pyrrole nitrogens is 1. The second-order valence-corrected chi connectivity index (χ2v) is 6.91. The Balaban J connectivity index is 1.33. The molecule has 0 aliphatic carbocycles. The van der Waals surface area contributed by atoms with Crippen molar-refractivity contribution < 1.29 is 4.74 Å². The molecular weight excluding hydrogens is 378 g/mol. The normalized spacial score (nSPS) is 11.1. The molecule has 148 valence electrons. The van der Waals surface area contributed by atoms with Crippen LogP contribution in [0.1, 0.15) is 11.1 Å². The molecule has 8 nitrogen and oxygen atoms in total. The first-order valence-corrected chi connectivity index (χ1v) is 9.51. The largest absolute Gasteiger partial charge is 0.486 e. The lowest BCUT2D eigenvalue weighted by Gasteiger charge is -2.08. The van der Waals surface area contributed by atoms with Crippen LogP contribution in [0.25, 0.3) is 22.4 Å². The molecule has 8 heteroatoms. The predicted octanol–water partition coefficient (Wildman–Crippen LogP) is 3.43. The van der Waals surface area contributed by atoms with Crippen LogP contribution < -0.4 is 10.5 Å². The average Bonchev–Trinajstić information content (AvgIpc) is 3.42. The fourth-order valence-corrected chi connectivity index (χ4v) is 3.29. The zero-order chi connectivity index (χ0) is 20.3. The Morgan fingerprint density at radius 1 is 0.933 bits per heavy atom. The quantitative estimate of drug-likeness (QED) is 0.455. The van der Waals surface area contributed by atoms with Crippen LogP contribution in [0.15, 0.2) is 72.9 Å². The fraction of sp³-hybridized carbons (Fsp3) is 0.0909. The molecule has 0 aliphatic heterocycles. The van der Waals surface area contributed by atoms with Gasteiger partial charge in [-0.3, -0.25) is 4.68 Å². The van der Waals surface area contributed by atoms with E-state index in [9.17, 15) is 0 Å². The van der Waals surface area contributed by atoms with Gasteiger partial charge in [0, 0.05) is 17.8 Å². The van der Waals surface area contributed by atoms with Crippen LogP contribution in [-0.2, 0) is 13.2 Å². The molecule has 0 atom stereocenters. The number of rotatable bonds is 6. The lowest BCUT2D eigenvalue weighted by molar-refractivity contribution is 0.309. The highest BCUT2D eigenvalue weighted by Gasteiger charge is 2.10. The monoisotopic (exact) mass is 397 g/mol. The summed E-state index contributed by atoms with van der Waals surface area (Å²) in [6.45, 7) is 1.10. The van der Waals surface area contributed by atoms with Gasteiger partial charge >= 0.3 is 0 Å². The van der Waals surface area contributed by atoms with Gasteiger partial charge in [0.1, 0.15) is 12.4 Å². The maximum atomic E-state index is 5.95. The Morgan fingerprint density at radius 3 is 2.70 bits per heavy atom. The minimum absolute atomic E-state index is 0.337. The molecule has 0 saturated heterocycles.